The molecule has 0 bridgehead atoms. The number of ether oxygens (including phenoxy) is 1. The summed E-state index contributed by atoms with van der Waals surface area (Å²) >= 11 is 12.0. The summed E-state index contributed by atoms with van der Waals surface area (Å²) in [7, 11) is 0. The highest BCUT2D eigenvalue weighted by molar-refractivity contribution is 6.35. The summed E-state index contributed by atoms with van der Waals surface area (Å²) < 4.78 is 5.47. The molecule has 1 fully saturated rings. The van der Waals surface area contributed by atoms with Gasteiger partial charge in [-0.3, -0.25) is 4.79 Å². The van der Waals surface area contributed by atoms with Crippen LogP contribution in [0.15, 0.2) is 30.6 Å². The molecule has 6 nitrogen and oxygen atoms in total. The van der Waals surface area contributed by atoms with Crippen LogP contribution in [0.25, 0.3) is 0 Å². The predicted molar refractivity (Wildman–Crippen MR) is 93.1 cm³/mol. The monoisotopic (exact) mass is 366 g/mol. The number of aromatic nitrogens is 2. The molecule has 0 aliphatic carbocycles. The molecule has 1 aliphatic rings. The van der Waals surface area contributed by atoms with Crippen LogP contribution in [0, 0.1) is 0 Å². The van der Waals surface area contributed by atoms with Crippen molar-refractivity contribution in [1.29, 1.82) is 0 Å². The summed E-state index contributed by atoms with van der Waals surface area (Å²) in [5.74, 6) is 0.104. The van der Waals surface area contributed by atoms with Crippen molar-refractivity contribution < 1.29 is 9.53 Å². The molecule has 0 saturated carbocycles. The molecule has 1 aliphatic heterocycles. The zero-order valence-electron chi connectivity index (χ0n) is 12.8. The quantitative estimate of drug-likeness (QED) is 0.847. The number of halogens is 2. The predicted octanol–water partition coefficient (Wildman–Crippen LogP) is 3.44. The Bertz CT molecular complexity index is 719. The molecule has 126 valence electrons. The third-order valence-corrected chi connectivity index (χ3v) is 4.17. The van der Waals surface area contributed by atoms with Gasteiger partial charge in [0.25, 0.3) is 5.91 Å². The van der Waals surface area contributed by atoms with E-state index in [2.05, 4.69) is 20.6 Å². The third-order valence-electron chi connectivity index (χ3n) is 3.60. The maximum atomic E-state index is 12.1. The fraction of sp³-hybridized carbons (Fsp3) is 0.312. The Morgan fingerprint density at radius 1 is 1.29 bits per heavy atom. The minimum atomic E-state index is -0.224. The number of carbonyl (C=O) groups is 1. The number of nitrogens with zero attached hydrogens (tertiary/aromatic N) is 2. The molecule has 1 unspecified atom stereocenters. The molecule has 2 heterocycles. The van der Waals surface area contributed by atoms with E-state index < -0.39 is 0 Å². The van der Waals surface area contributed by atoms with Gasteiger partial charge >= 0.3 is 0 Å². The van der Waals surface area contributed by atoms with Gasteiger partial charge in [0, 0.05) is 30.6 Å². The highest BCUT2D eigenvalue weighted by Crippen LogP contribution is 2.27. The lowest BCUT2D eigenvalue weighted by atomic mass is 10.2. The van der Waals surface area contributed by atoms with Crippen molar-refractivity contribution >= 4 is 40.7 Å². The second kappa shape index (κ2) is 7.79. The van der Waals surface area contributed by atoms with Crippen LogP contribution in [-0.4, -0.2) is 35.1 Å². The lowest BCUT2D eigenvalue weighted by Gasteiger charge is -2.11. The number of hydrogen-bond acceptors (Lipinski definition) is 5. The van der Waals surface area contributed by atoms with Crippen LogP contribution in [-0.2, 0) is 4.74 Å². The van der Waals surface area contributed by atoms with Gasteiger partial charge in [-0.25, -0.2) is 9.97 Å². The van der Waals surface area contributed by atoms with Crippen LogP contribution in [0.3, 0.4) is 0 Å². The summed E-state index contributed by atoms with van der Waals surface area (Å²) in [5.41, 5.74) is 0.982. The van der Waals surface area contributed by atoms with E-state index in [1.165, 1.54) is 12.4 Å². The van der Waals surface area contributed by atoms with Crippen molar-refractivity contribution in [3.63, 3.8) is 0 Å². The number of anilines is 2. The van der Waals surface area contributed by atoms with Gasteiger partial charge in [-0.1, -0.05) is 23.2 Å². The van der Waals surface area contributed by atoms with E-state index in [-0.39, 0.29) is 12.0 Å². The summed E-state index contributed by atoms with van der Waals surface area (Å²) in [6.07, 6.45) is 5.02. The standard InChI is InChI=1S/C16H16Cl2N4O2/c17-11-3-4-13(18)14(6-11)22-16-20-7-10(8-21-16)15(23)19-9-12-2-1-5-24-12/h3-4,6-8,12H,1-2,5,9H2,(H,19,23)(H,20,21,22). The van der Waals surface area contributed by atoms with Gasteiger partial charge < -0.3 is 15.4 Å². The van der Waals surface area contributed by atoms with Gasteiger partial charge in [-0.15, -0.1) is 0 Å². The highest BCUT2D eigenvalue weighted by Gasteiger charge is 2.17. The first-order valence-electron chi connectivity index (χ1n) is 7.56. The first kappa shape index (κ1) is 17.0. The van der Waals surface area contributed by atoms with Crippen LogP contribution in [0.5, 0.6) is 0 Å². The Morgan fingerprint density at radius 3 is 2.79 bits per heavy atom. The molecule has 24 heavy (non-hydrogen) atoms. The van der Waals surface area contributed by atoms with Crippen LogP contribution < -0.4 is 10.6 Å². The molecular formula is C16H16Cl2N4O2. The van der Waals surface area contributed by atoms with Crippen molar-refractivity contribution in [2.24, 2.45) is 0 Å². The fourth-order valence-electron chi connectivity index (χ4n) is 2.34. The van der Waals surface area contributed by atoms with Gasteiger partial charge in [0.2, 0.25) is 5.95 Å². The van der Waals surface area contributed by atoms with Crippen LogP contribution in [0.4, 0.5) is 11.6 Å². The van der Waals surface area contributed by atoms with Crippen molar-refractivity contribution in [1.82, 2.24) is 15.3 Å². The summed E-state index contributed by atoms with van der Waals surface area (Å²) in [4.78, 5) is 20.3. The minimum absolute atomic E-state index is 0.0979. The van der Waals surface area contributed by atoms with E-state index >= 15 is 0 Å². The summed E-state index contributed by atoms with van der Waals surface area (Å²) in [6.45, 7) is 1.26. The Labute approximate surface area is 149 Å². The first-order chi connectivity index (χ1) is 11.6. The van der Waals surface area contributed by atoms with E-state index in [0.29, 0.717) is 33.8 Å². The SMILES string of the molecule is O=C(NCC1CCCO1)c1cnc(Nc2cc(Cl)ccc2Cl)nc1. The number of carbonyl (C=O) groups excluding carboxylic acids is 1. The molecule has 1 saturated heterocycles. The van der Waals surface area contributed by atoms with E-state index in [9.17, 15) is 4.79 Å². The van der Waals surface area contributed by atoms with Crippen molar-refractivity contribution in [2.75, 3.05) is 18.5 Å². The Kier molecular flexibility index (Phi) is 5.50. The first-order valence-corrected chi connectivity index (χ1v) is 8.31. The Morgan fingerprint density at radius 2 is 2.08 bits per heavy atom. The molecule has 1 aromatic carbocycles. The molecule has 1 atom stereocenters. The Hall–Kier alpha value is -1.89. The molecule has 0 radical (unpaired) electrons. The summed E-state index contributed by atoms with van der Waals surface area (Å²) in [6, 6.07) is 5.05. The molecule has 2 aromatic rings. The van der Waals surface area contributed by atoms with Crippen LogP contribution >= 0.6 is 23.2 Å². The number of amides is 1. The largest absolute Gasteiger partial charge is 0.376 e. The van der Waals surface area contributed by atoms with E-state index in [4.69, 9.17) is 27.9 Å². The number of rotatable bonds is 5. The van der Waals surface area contributed by atoms with Crippen molar-refractivity contribution in [3.8, 4) is 0 Å². The third kappa shape index (κ3) is 4.35. The topological polar surface area (TPSA) is 76.1 Å². The maximum absolute atomic E-state index is 12.1. The van der Waals surface area contributed by atoms with Crippen LogP contribution in [0.2, 0.25) is 10.0 Å². The number of nitrogens with one attached hydrogen (secondary N) is 2. The second-order valence-electron chi connectivity index (χ2n) is 5.39. The lowest BCUT2D eigenvalue weighted by molar-refractivity contribution is 0.0857. The van der Waals surface area contributed by atoms with Gasteiger partial charge in [0.05, 0.1) is 22.4 Å². The van der Waals surface area contributed by atoms with Crippen molar-refractivity contribution in [3.05, 3.63) is 46.2 Å². The zero-order chi connectivity index (χ0) is 16.9. The molecule has 1 amide bonds. The minimum Gasteiger partial charge on any atom is -0.376 e. The normalized spacial score (nSPS) is 16.8. The Balaban J connectivity index is 1.60. The van der Waals surface area contributed by atoms with Gasteiger partial charge in [-0.05, 0) is 31.0 Å². The molecule has 0 spiro atoms. The highest BCUT2D eigenvalue weighted by atomic mass is 35.5. The molecule has 2 N–H and O–H groups in total. The maximum Gasteiger partial charge on any atom is 0.254 e. The average Bonchev–Trinajstić information content (AvgIpc) is 3.10. The van der Waals surface area contributed by atoms with Crippen LogP contribution in [0.1, 0.15) is 23.2 Å². The molecule has 8 heteroatoms. The van der Waals surface area contributed by atoms with Gasteiger partial charge in [0.1, 0.15) is 0 Å². The smallest absolute Gasteiger partial charge is 0.254 e. The van der Waals surface area contributed by atoms with E-state index in [1.54, 1.807) is 18.2 Å². The second-order valence-corrected chi connectivity index (χ2v) is 6.23. The number of hydrogen-bond donors (Lipinski definition) is 2. The molecule has 1 aromatic heterocycles. The fourth-order valence-corrected chi connectivity index (χ4v) is 2.67. The van der Waals surface area contributed by atoms with Crippen molar-refractivity contribution in [2.45, 2.75) is 18.9 Å². The number of benzene rings is 1. The van der Waals surface area contributed by atoms with Gasteiger partial charge in [-0.2, -0.15) is 0 Å². The lowest BCUT2D eigenvalue weighted by Crippen LogP contribution is -2.31. The molecular weight excluding hydrogens is 351 g/mol. The zero-order valence-corrected chi connectivity index (χ0v) is 14.3. The molecule has 3 rings (SSSR count). The average molecular weight is 367 g/mol. The van der Waals surface area contributed by atoms with Gasteiger partial charge in [0.15, 0.2) is 0 Å². The summed E-state index contributed by atoms with van der Waals surface area (Å²) in [5, 5.41) is 6.84. The van der Waals surface area contributed by atoms with E-state index in [0.717, 1.165) is 19.4 Å². The van der Waals surface area contributed by atoms with E-state index in [1.807, 2.05) is 0 Å².